The molecule has 0 aliphatic rings. The Hall–Kier alpha value is -4.07. The minimum Gasteiger partial charge on any atom is -0.462 e. The predicted molar refractivity (Wildman–Crippen MR) is 116 cm³/mol. The van der Waals surface area contributed by atoms with Gasteiger partial charge in [0.15, 0.2) is 5.65 Å². The van der Waals surface area contributed by atoms with Gasteiger partial charge in [-0.05, 0) is 51.1 Å². The molecule has 0 N–H and O–H groups in total. The van der Waals surface area contributed by atoms with Crippen LogP contribution in [0.2, 0.25) is 0 Å². The van der Waals surface area contributed by atoms with Gasteiger partial charge in [-0.1, -0.05) is 17.7 Å². The molecule has 0 radical (unpaired) electrons. The van der Waals surface area contributed by atoms with Gasteiger partial charge in [0, 0.05) is 17.7 Å². The SMILES string of the molecule is CCOC(=O)c1cc(-c2ccc([N+](=O)[O-])cc2)nc2c1c(C)nn2-c1ccc(C)cc1. The van der Waals surface area contributed by atoms with Crippen molar-refractivity contribution in [2.45, 2.75) is 20.8 Å². The van der Waals surface area contributed by atoms with E-state index in [9.17, 15) is 14.9 Å². The molecule has 8 heteroatoms. The topological polar surface area (TPSA) is 100 Å². The van der Waals surface area contributed by atoms with Gasteiger partial charge < -0.3 is 4.74 Å². The van der Waals surface area contributed by atoms with E-state index in [1.807, 2.05) is 38.1 Å². The molecule has 0 spiro atoms. The normalized spacial score (nSPS) is 10.9. The Morgan fingerprint density at radius 1 is 1.10 bits per heavy atom. The van der Waals surface area contributed by atoms with Crippen molar-refractivity contribution in [3.05, 3.63) is 81.5 Å². The molecule has 0 saturated carbocycles. The van der Waals surface area contributed by atoms with Gasteiger partial charge in [-0.25, -0.2) is 14.5 Å². The number of nitro groups is 1. The first-order chi connectivity index (χ1) is 14.9. The van der Waals surface area contributed by atoms with Crippen molar-refractivity contribution >= 4 is 22.7 Å². The number of hydrogen-bond acceptors (Lipinski definition) is 6. The van der Waals surface area contributed by atoms with Crippen LogP contribution in [0.1, 0.15) is 28.5 Å². The highest BCUT2D eigenvalue weighted by Gasteiger charge is 2.22. The van der Waals surface area contributed by atoms with Gasteiger partial charge in [-0.3, -0.25) is 10.1 Å². The zero-order valence-electron chi connectivity index (χ0n) is 17.3. The second-order valence-electron chi connectivity index (χ2n) is 7.11. The molecule has 156 valence electrons. The van der Waals surface area contributed by atoms with Crippen LogP contribution in [0.25, 0.3) is 28.0 Å². The molecular weight excluding hydrogens is 396 g/mol. The fourth-order valence-corrected chi connectivity index (χ4v) is 3.43. The van der Waals surface area contributed by atoms with E-state index >= 15 is 0 Å². The summed E-state index contributed by atoms with van der Waals surface area (Å²) in [4.78, 5) is 28.0. The monoisotopic (exact) mass is 416 g/mol. The molecule has 0 fully saturated rings. The average Bonchev–Trinajstić information content (AvgIpc) is 3.10. The van der Waals surface area contributed by atoms with Gasteiger partial charge in [0.1, 0.15) is 0 Å². The molecule has 8 nitrogen and oxygen atoms in total. The summed E-state index contributed by atoms with van der Waals surface area (Å²) in [7, 11) is 0. The molecule has 0 unspecified atom stereocenters. The van der Waals surface area contributed by atoms with Gasteiger partial charge in [-0.2, -0.15) is 5.10 Å². The lowest BCUT2D eigenvalue weighted by Gasteiger charge is -2.09. The number of hydrogen-bond donors (Lipinski definition) is 0. The Kier molecular flexibility index (Phi) is 5.21. The summed E-state index contributed by atoms with van der Waals surface area (Å²) < 4.78 is 6.97. The van der Waals surface area contributed by atoms with Gasteiger partial charge in [0.05, 0.1) is 39.6 Å². The van der Waals surface area contributed by atoms with E-state index in [4.69, 9.17) is 9.72 Å². The molecule has 31 heavy (non-hydrogen) atoms. The van der Waals surface area contributed by atoms with Crippen LogP contribution in [0, 0.1) is 24.0 Å². The van der Waals surface area contributed by atoms with Crippen molar-refractivity contribution in [3.8, 4) is 16.9 Å². The lowest BCUT2D eigenvalue weighted by atomic mass is 10.1. The zero-order chi connectivity index (χ0) is 22.1. The first-order valence-electron chi connectivity index (χ1n) is 9.78. The maximum atomic E-state index is 12.8. The lowest BCUT2D eigenvalue weighted by Crippen LogP contribution is -2.07. The average molecular weight is 416 g/mol. The Labute approximate surface area is 178 Å². The second kappa shape index (κ2) is 7.98. The van der Waals surface area contributed by atoms with Gasteiger partial charge in [0.2, 0.25) is 0 Å². The fourth-order valence-electron chi connectivity index (χ4n) is 3.43. The molecule has 4 rings (SSSR count). The van der Waals surface area contributed by atoms with Crippen molar-refractivity contribution < 1.29 is 14.5 Å². The number of rotatable bonds is 5. The molecule has 0 bridgehead atoms. The summed E-state index contributed by atoms with van der Waals surface area (Å²) in [6.07, 6.45) is 0. The summed E-state index contributed by atoms with van der Waals surface area (Å²) in [6.45, 7) is 5.81. The smallest absolute Gasteiger partial charge is 0.339 e. The summed E-state index contributed by atoms with van der Waals surface area (Å²) in [5, 5.41) is 16.2. The lowest BCUT2D eigenvalue weighted by molar-refractivity contribution is -0.384. The van der Waals surface area contributed by atoms with E-state index in [-0.39, 0.29) is 12.3 Å². The minimum absolute atomic E-state index is 0.0176. The number of benzene rings is 2. The standard InChI is InChI=1S/C23H20N4O4/c1-4-31-23(28)19-13-20(16-7-11-18(12-8-16)27(29)30)24-22-21(19)15(3)25-26(22)17-9-5-14(2)6-10-17/h5-13H,4H2,1-3H3. The van der Waals surface area contributed by atoms with Gasteiger partial charge in [0.25, 0.3) is 5.69 Å². The predicted octanol–water partition coefficient (Wildman–Crippen LogP) is 4.79. The van der Waals surface area contributed by atoms with Crippen LogP contribution in [0.3, 0.4) is 0 Å². The molecule has 2 aromatic carbocycles. The van der Waals surface area contributed by atoms with Crippen LogP contribution >= 0.6 is 0 Å². The molecule has 0 amide bonds. The number of fused-ring (bicyclic) bond motifs is 1. The zero-order valence-corrected chi connectivity index (χ0v) is 17.3. The third-order valence-electron chi connectivity index (χ3n) is 4.96. The fraction of sp³-hybridized carbons (Fsp3) is 0.174. The first-order valence-corrected chi connectivity index (χ1v) is 9.78. The molecule has 0 saturated heterocycles. The largest absolute Gasteiger partial charge is 0.462 e. The molecule has 2 aromatic heterocycles. The van der Waals surface area contributed by atoms with Crippen molar-refractivity contribution in [2.24, 2.45) is 0 Å². The molecular formula is C23H20N4O4. The second-order valence-corrected chi connectivity index (χ2v) is 7.11. The Balaban J connectivity index is 1.97. The van der Waals surface area contributed by atoms with E-state index in [0.717, 1.165) is 11.3 Å². The minimum atomic E-state index is -0.468. The molecule has 2 heterocycles. The van der Waals surface area contributed by atoms with E-state index < -0.39 is 10.9 Å². The van der Waals surface area contributed by atoms with Crippen LogP contribution in [-0.2, 0) is 4.74 Å². The van der Waals surface area contributed by atoms with E-state index in [1.165, 1.54) is 12.1 Å². The number of non-ortho nitro benzene ring substituents is 1. The molecule has 4 aromatic rings. The highest BCUT2D eigenvalue weighted by atomic mass is 16.6. The summed E-state index contributed by atoms with van der Waals surface area (Å²) in [6, 6.07) is 15.5. The maximum absolute atomic E-state index is 12.8. The quantitative estimate of drug-likeness (QED) is 0.263. The number of carbonyl (C=O) groups is 1. The number of carbonyl (C=O) groups excluding carboxylic acids is 1. The Morgan fingerprint density at radius 2 is 1.77 bits per heavy atom. The summed E-state index contributed by atoms with van der Waals surface area (Å²) in [5.41, 5.74) is 4.58. The first kappa shape index (κ1) is 20.2. The van der Waals surface area contributed by atoms with E-state index in [2.05, 4.69) is 5.10 Å². The van der Waals surface area contributed by atoms with Gasteiger partial charge in [-0.15, -0.1) is 0 Å². The number of aromatic nitrogens is 3. The Bertz CT molecular complexity index is 1290. The van der Waals surface area contributed by atoms with E-state index in [0.29, 0.717) is 33.5 Å². The number of pyridine rings is 1. The number of ether oxygens (including phenoxy) is 1. The van der Waals surface area contributed by atoms with Crippen LogP contribution in [0.5, 0.6) is 0 Å². The Morgan fingerprint density at radius 3 is 2.39 bits per heavy atom. The highest BCUT2D eigenvalue weighted by Crippen LogP contribution is 2.30. The number of nitrogens with zero attached hydrogens (tertiary/aromatic N) is 4. The highest BCUT2D eigenvalue weighted by molar-refractivity contribution is 6.05. The third-order valence-corrected chi connectivity index (χ3v) is 4.96. The van der Waals surface area contributed by atoms with Crippen LogP contribution in [0.4, 0.5) is 5.69 Å². The summed E-state index contributed by atoms with van der Waals surface area (Å²) >= 11 is 0. The third kappa shape index (κ3) is 3.75. The van der Waals surface area contributed by atoms with E-state index in [1.54, 1.807) is 29.8 Å². The molecule has 0 aliphatic heterocycles. The van der Waals surface area contributed by atoms with Crippen molar-refractivity contribution in [3.63, 3.8) is 0 Å². The van der Waals surface area contributed by atoms with Crippen LogP contribution in [0.15, 0.2) is 54.6 Å². The van der Waals surface area contributed by atoms with Crippen molar-refractivity contribution in [1.82, 2.24) is 14.8 Å². The molecule has 0 aliphatic carbocycles. The van der Waals surface area contributed by atoms with Crippen LogP contribution < -0.4 is 0 Å². The molecule has 0 atom stereocenters. The van der Waals surface area contributed by atoms with Crippen molar-refractivity contribution in [1.29, 1.82) is 0 Å². The van der Waals surface area contributed by atoms with Crippen molar-refractivity contribution in [2.75, 3.05) is 6.61 Å². The number of aryl methyl sites for hydroxylation is 2. The summed E-state index contributed by atoms with van der Waals surface area (Å²) in [5.74, 6) is -0.468. The van der Waals surface area contributed by atoms with Crippen LogP contribution in [-0.4, -0.2) is 32.3 Å². The van der Waals surface area contributed by atoms with Gasteiger partial charge >= 0.3 is 5.97 Å². The number of nitro benzene ring substituents is 1. The maximum Gasteiger partial charge on any atom is 0.339 e. The number of esters is 1.